The number of nitrogens with zero attached hydrogens (tertiary/aromatic N) is 4. The highest BCUT2D eigenvalue weighted by molar-refractivity contribution is 5.76. The molecule has 1 N–H and O–H groups in total. The Kier molecular flexibility index (Phi) is 5.71. The summed E-state index contributed by atoms with van der Waals surface area (Å²) in [5.41, 5.74) is 1.76. The van der Waals surface area contributed by atoms with Gasteiger partial charge in [-0.3, -0.25) is 4.79 Å². The lowest BCUT2D eigenvalue weighted by molar-refractivity contribution is -0.132. The average molecular weight is 385 g/mol. The van der Waals surface area contributed by atoms with E-state index in [0.29, 0.717) is 17.9 Å². The van der Waals surface area contributed by atoms with Gasteiger partial charge in [0.05, 0.1) is 6.54 Å². The number of hydrogen-bond acceptors (Lipinski definition) is 4. The lowest BCUT2D eigenvalue weighted by atomic mass is 9.95. The van der Waals surface area contributed by atoms with Crippen molar-refractivity contribution in [3.8, 4) is 0 Å². The summed E-state index contributed by atoms with van der Waals surface area (Å²) in [5.74, 6) is 2.56. The maximum absolute atomic E-state index is 13.3. The smallest absolute Gasteiger partial charge is 0.222 e. The third-order valence-corrected chi connectivity index (χ3v) is 5.94. The van der Waals surface area contributed by atoms with E-state index in [-0.39, 0.29) is 11.7 Å². The lowest BCUT2D eigenvalue weighted by Gasteiger charge is -2.32. The number of carbonyl (C=O) groups excluding carboxylic acids is 1. The summed E-state index contributed by atoms with van der Waals surface area (Å²) >= 11 is 0. The van der Waals surface area contributed by atoms with Crippen LogP contribution in [0.15, 0.2) is 18.2 Å². The molecule has 1 aromatic heterocycles. The Bertz CT molecular complexity index is 841. The van der Waals surface area contributed by atoms with E-state index in [4.69, 9.17) is 0 Å². The molecule has 28 heavy (non-hydrogen) atoms. The number of fused-ring (bicyclic) bond motifs is 1. The Morgan fingerprint density at radius 1 is 1.25 bits per heavy atom. The number of hydrogen-bond donors (Lipinski definition) is 1. The predicted octanol–water partition coefficient (Wildman–Crippen LogP) is 2.56. The summed E-state index contributed by atoms with van der Waals surface area (Å²) in [5, 5.41) is 12.1. The molecular weight excluding hydrogens is 357 g/mol. The summed E-state index contributed by atoms with van der Waals surface area (Å²) < 4.78 is 15.6. The van der Waals surface area contributed by atoms with Crippen LogP contribution >= 0.6 is 0 Å². The van der Waals surface area contributed by atoms with Crippen molar-refractivity contribution in [2.75, 3.05) is 19.6 Å². The Balaban J connectivity index is 1.25. The van der Waals surface area contributed by atoms with E-state index >= 15 is 0 Å². The van der Waals surface area contributed by atoms with Crippen LogP contribution in [0.4, 0.5) is 4.39 Å². The van der Waals surface area contributed by atoms with Crippen molar-refractivity contribution in [1.29, 1.82) is 0 Å². The minimum Gasteiger partial charge on any atom is -0.343 e. The first-order chi connectivity index (χ1) is 13.6. The third-order valence-electron chi connectivity index (χ3n) is 5.94. The van der Waals surface area contributed by atoms with Crippen molar-refractivity contribution in [1.82, 2.24) is 25.0 Å². The fourth-order valence-electron chi connectivity index (χ4n) is 4.27. The van der Waals surface area contributed by atoms with E-state index < -0.39 is 0 Å². The van der Waals surface area contributed by atoms with Gasteiger partial charge in [-0.05, 0) is 49.8 Å². The van der Waals surface area contributed by atoms with Gasteiger partial charge in [0.15, 0.2) is 0 Å². The molecule has 2 aliphatic rings. The average Bonchev–Trinajstić information content (AvgIpc) is 3.15. The van der Waals surface area contributed by atoms with Gasteiger partial charge in [0.25, 0.3) is 0 Å². The van der Waals surface area contributed by atoms with Gasteiger partial charge in [-0.1, -0.05) is 12.1 Å². The molecule has 0 aliphatic carbocycles. The van der Waals surface area contributed by atoms with Crippen LogP contribution in [-0.4, -0.2) is 45.2 Å². The van der Waals surface area contributed by atoms with Crippen molar-refractivity contribution in [3.63, 3.8) is 0 Å². The molecule has 4 rings (SSSR count). The maximum atomic E-state index is 13.3. The zero-order chi connectivity index (χ0) is 19.5. The second-order valence-electron chi connectivity index (χ2n) is 7.89. The zero-order valence-corrected chi connectivity index (χ0v) is 16.5. The molecule has 0 atom stereocenters. The van der Waals surface area contributed by atoms with E-state index in [1.807, 2.05) is 17.0 Å². The predicted molar refractivity (Wildman–Crippen MR) is 104 cm³/mol. The Morgan fingerprint density at radius 2 is 2.07 bits per heavy atom. The number of amides is 1. The third kappa shape index (κ3) is 4.09. The highest BCUT2D eigenvalue weighted by atomic mass is 19.1. The van der Waals surface area contributed by atoms with Gasteiger partial charge in [0, 0.05) is 38.5 Å². The quantitative estimate of drug-likeness (QED) is 0.859. The van der Waals surface area contributed by atoms with Crippen molar-refractivity contribution in [3.05, 3.63) is 46.8 Å². The molecule has 0 unspecified atom stereocenters. The van der Waals surface area contributed by atoms with Gasteiger partial charge in [-0.2, -0.15) is 0 Å². The molecule has 1 saturated heterocycles. The second kappa shape index (κ2) is 8.39. The summed E-state index contributed by atoms with van der Waals surface area (Å²) in [4.78, 5) is 14.5. The van der Waals surface area contributed by atoms with Crippen LogP contribution in [0.25, 0.3) is 0 Å². The summed E-state index contributed by atoms with van der Waals surface area (Å²) in [6.45, 7) is 6.04. The van der Waals surface area contributed by atoms with Crippen LogP contribution in [0.1, 0.15) is 54.4 Å². The van der Waals surface area contributed by atoms with E-state index in [2.05, 4.69) is 20.1 Å². The number of benzene rings is 1. The molecule has 3 heterocycles. The summed E-state index contributed by atoms with van der Waals surface area (Å²) in [6, 6.07) is 5.20. The first-order valence-electron chi connectivity index (χ1n) is 10.3. The van der Waals surface area contributed by atoms with E-state index in [1.165, 1.54) is 6.07 Å². The van der Waals surface area contributed by atoms with Gasteiger partial charge in [-0.25, -0.2) is 4.39 Å². The number of aromatic nitrogens is 3. The van der Waals surface area contributed by atoms with Crippen molar-refractivity contribution < 1.29 is 9.18 Å². The number of rotatable bonds is 5. The number of halogens is 1. The van der Waals surface area contributed by atoms with Gasteiger partial charge in [0.2, 0.25) is 5.91 Å². The monoisotopic (exact) mass is 385 g/mol. The van der Waals surface area contributed by atoms with E-state index in [1.54, 1.807) is 6.92 Å². The molecule has 6 nitrogen and oxygen atoms in total. The molecule has 2 aliphatic heterocycles. The number of piperidine rings is 1. The topological polar surface area (TPSA) is 63.1 Å². The van der Waals surface area contributed by atoms with Gasteiger partial charge in [-0.15, -0.1) is 10.2 Å². The molecule has 0 radical (unpaired) electrons. The van der Waals surface area contributed by atoms with Crippen LogP contribution in [0.3, 0.4) is 0 Å². The molecular formula is C21H28FN5O. The first-order valence-corrected chi connectivity index (χ1v) is 10.3. The summed E-state index contributed by atoms with van der Waals surface area (Å²) in [6.07, 6.45) is 4.06. The van der Waals surface area contributed by atoms with Crippen LogP contribution in [0, 0.1) is 12.7 Å². The first kappa shape index (κ1) is 19.1. The van der Waals surface area contributed by atoms with Gasteiger partial charge >= 0.3 is 0 Å². The summed E-state index contributed by atoms with van der Waals surface area (Å²) in [7, 11) is 0. The molecule has 1 fully saturated rings. The second-order valence-corrected chi connectivity index (χ2v) is 7.89. The Labute approximate surface area is 165 Å². The molecule has 0 saturated carbocycles. The van der Waals surface area contributed by atoms with Crippen LogP contribution in [-0.2, 0) is 24.3 Å². The maximum Gasteiger partial charge on any atom is 0.222 e. The van der Waals surface area contributed by atoms with Gasteiger partial charge in [0.1, 0.15) is 17.5 Å². The van der Waals surface area contributed by atoms with Crippen molar-refractivity contribution in [2.24, 2.45) is 0 Å². The lowest BCUT2D eigenvalue weighted by Crippen LogP contribution is -2.38. The van der Waals surface area contributed by atoms with Gasteiger partial charge < -0.3 is 14.8 Å². The van der Waals surface area contributed by atoms with Crippen LogP contribution in [0.2, 0.25) is 0 Å². The van der Waals surface area contributed by atoms with Crippen LogP contribution < -0.4 is 5.32 Å². The molecule has 2 aromatic rings. The number of nitrogens with one attached hydrogen (secondary N) is 1. The minimum absolute atomic E-state index is 0.173. The fraction of sp³-hybridized carbons (Fsp3) is 0.571. The fourth-order valence-corrected chi connectivity index (χ4v) is 4.27. The SMILES string of the molecule is Cc1cc(CCCC(=O)N2CCC(c3nnc4n3CCNC4)CC2)ccc1F. The van der Waals surface area contributed by atoms with Crippen molar-refractivity contribution in [2.45, 2.75) is 58.0 Å². The number of likely N-dealkylation sites (tertiary alicyclic amines) is 1. The highest BCUT2D eigenvalue weighted by Gasteiger charge is 2.28. The number of aryl methyl sites for hydroxylation is 2. The molecule has 1 amide bonds. The molecule has 1 aromatic carbocycles. The van der Waals surface area contributed by atoms with E-state index in [9.17, 15) is 9.18 Å². The molecule has 0 spiro atoms. The van der Waals surface area contributed by atoms with Crippen molar-refractivity contribution >= 4 is 5.91 Å². The van der Waals surface area contributed by atoms with Crippen LogP contribution in [0.5, 0.6) is 0 Å². The molecule has 7 heteroatoms. The standard InChI is InChI=1S/C21H28FN5O/c1-15-13-16(5-6-18(15)22)3-2-4-20(28)26-10-7-17(8-11-26)21-25-24-19-14-23-9-12-27(19)21/h5-6,13,17,23H,2-4,7-12,14H2,1H3. The highest BCUT2D eigenvalue weighted by Crippen LogP contribution is 2.28. The Morgan fingerprint density at radius 3 is 2.86 bits per heavy atom. The molecule has 150 valence electrons. The number of carbonyl (C=O) groups is 1. The normalized spacial score (nSPS) is 17.6. The zero-order valence-electron chi connectivity index (χ0n) is 16.5. The minimum atomic E-state index is -0.173. The molecule has 0 bridgehead atoms. The largest absolute Gasteiger partial charge is 0.343 e. The van der Waals surface area contributed by atoms with E-state index in [0.717, 1.165) is 75.6 Å². The Hall–Kier alpha value is -2.28.